The maximum absolute atomic E-state index is 11.1. The highest BCUT2D eigenvalue weighted by molar-refractivity contribution is 5.93. The fourth-order valence-electron chi connectivity index (χ4n) is 1.79. The Balaban J connectivity index is 2.04. The molecule has 2 aromatic rings. The monoisotopic (exact) mass is 259 g/mol. The molecule has 1 aromatic carbocycles. The average Bonchev–Trinajstić information content (AvgIpc) is 2.85. The summed E-state index contributed by atoms with van der Waals surface area (Å²) in [5.74, 6) is 0.434. The lowest BCUT2D eigenvalue weighted by molar-refractivity contribution is 0.100. The van der Waals surface area contributed by atoms with Crippen LogP contribution in [0.15, 0.2) is 30.6 Å². The van der Waals surface area contributed by atoms with Crippen molar-refractivity contribution in [3.8, 4) is 0 Å². The van der Waals surface area contributed by atoms with E-state index in [9.17, 15) is 4.79 Å². The average molecular weight is 259 g/mol. The Hall–Kier alpha value is -2.37. The van der Waals surface area contributed by atoms with Crippen molar-refractivity contribution in [2.75, 3.05) is 5.32 Å². The van der Waals surface area contributed by atoms with Crippen LogP contribution in [-0.2, 0) is 13.1 Å². The second kappa shape index (κ2) is 5.99. The van der Waals surface area contributed by atoms with Crippen LogP contribution in [-0.4, -0.2) is 20.7 Å². The topological polar surface area (TPSA) is 85.8 Å². The van der Waals surface area contributed by atoms with Gasteiger partial charge in [0.2, 0.25) is 5.91 Å². The summed E-state index contributed by atoms with van der Waals surface area (Å²) in [4.78, 5) is 15.3. The van der Waals surface area contributed by atoms with Crippen LogP contribution in [0, 0.1) is 0 Å². The molecule has 0 saturated heterocycles. The first-order chi connectivity index (χ1) is 9.20. The minimum Gasteiger partial charge on any atom is -0.378 e. The number of amides is 1. The number of hydrogen-bond acceptors (Lipinski definition) is 4. The molecular weight excluding hydrogens is 242 g/mol. The van der Waals surface area contributed by atoms with Crippen LogP contribution in [0.2, 0.25) is 0 Å². The number of hydrogen-bond donors (Lipinski definition) is 2. The number of aryl methyl sites for hydroxylation is 1. The number of nitrogens with two attached hydrogens (primary N) is 1. The molecular formula is C13H17N5O. The lowest BCUT2D eigenvalue weighted by atomic mass is 10.2. The quantitative estimate of drug-likeness (QED) is 0.821. The molecule has 1 heterocycles. The van der Waals surface area contributed by atoms with Crippen LogP contribution in [0.5, 0.6) is 0 Å². The number of aromatic nitrogens is 3. The van der Waals surface area contributed by atoms with Gasteiger partial charge in [0.15, 0.2) is 0 Å². The molecule has 0 spiro atoms. The van der Waals surface area contributed by atoms with Gasteiger partial charge in [0.05, 0.1) is 6.54 Å². The zero-order valence-corrected chi connectivity index (χ0v) is 10.8. The first-order valence-corrected chi connectivity index (χ1v) is 6.21. The number of nitrogens with zero attached hydrogens (tertiary/aromatic N) is 3. The number of primary amides is 1. The first-order valence-electron chi connectivity index (χ1n) is 6.21. The van der Waals surface area contributed by atoms with Crippen molar-refractivity contribution >= 4 is 11.6 Å². The molecule has 0 aliphatic rings. The molecule has 2 rings (SSSR count). The van der Waals surface area contributed by atoms with Gasteiger partial charge in [-0.1, -0.05) is 13.0 Å². The molecule has 100 valence electrons. The molecule has 0 fully saturated rings. The summed E-state index contributed by atoms with van der Waals surface area (Å²) in [6, 6.07) is 7.09. The van der Waals surface area contributed by atoms with Gasteiger partial charge in [-0.25, -0.2) is 9.67 Å². The smallest absolute Gasteiger partial charge is 0.248 e. The van der Waals surface area contributed by atoms with Crippen LogP contribution in [0.4, 0.5) is 5.69 Å². The van der Waals surface area contributed by atoms with E-state index in [1.807, 2.05) is 10.7 Å². The van der Waals surface area contributed by atoms with Crippen LogP contribution >= 0.6 is 0 Å². The summed E-state index contributed by atoms with van der Waals surface area (Å²) in [7, 11) is 0. The van der Waals surface area contributed by atoms with Gasteiger partial charge in [-0.2, -0.15) is 5.10 Å². The Kier molecular flexibility index (Phi) is 4.12. The van der Waals surface area contributed by atoms with E-state index >= 15 is 0 Å². The molecule has 1 aromatic heterocycles. The van der Waals surface area contributed by atoms with Gasteiger partial charge >= 0.3 is 0 Å². The summed E-state index contributed by atoms with van der Waals surface area (Å²) < 4.78 is 1.87. The van der Waals surface area contributed by atoms with Crippen LogP contribution in [0.1, 0.15) is 29.5 Å². The van der Waals surface area contributed by atoms with Crippen molar-refractivity contribution in [2.24, 2.45) is 5.73 Å². The molecule has 6 heteroatoms. The second-order valence-corrected chi connectivity index (χ2v) is 4.20. The molecule has 0 atom stereocenters. The summed E-state index contributed by atoms with van der Waals surface area (Å²) in [6.45, 7) is 3.50. The van der Waals surface area contributed by atoms with Crippen LogP contribution in [0.3, 0.4) is 0 Å². The molecule has 1 amide bonds. The maximum atomic E-state index is 11.1. The second-order valence-electron chi connectivity index (χ2n) is 4.20. The standard InChI is InChI=1S/C13H17N5O/c1-2-6-18-12(16-9-17-18)8-15-11-5-3-4-10(7-11)13(14)19/h3-5,7,9,15H,2,6,8H2,1H3,(H2,14,19). The van der Waals surface area contributed by atoms with Crippen molar-refractivity contribution in [3.63, 3.8) is 0 Å². The van der Waals surface area contributed by atoms with Gasteiger partial charge in [0.1, 0.15) is 12.2 Å². The van der Waals surface area contributed by atoms with Crippen molar-refractivity contribution < 1.29 is 4.79 Å². The third kappa shape index (κ3) is 3.31. The predicted molar refractivity (Wildman–Crippen MR) is 72.6 cm³/mol. The van der Waals surface area contributed by atoms with E-state index in [4.69, 9.17) is 5.73 Å². The molecule has 3 N–H and O–H groups in total. The van der Waals surface area contributed by atoms with Crippen LogP contribution < -0.4 is 11.1 Å². The summed E-state index contributed by atoms with van der Waals surface area (Å²) in [5, 5.41) is 7.37. The fourth-order valence-corrected chi connectivity index (χ4v) is 1.79. The van der Waals surface area contributed by atoms with Crippen molar-refractivity contribution in [3.05, 3.63) is 42.0 Å². The zero-order chi connectivity index (χ0) is 13.7. The lowest BCUT2D eigenvalue weighted by Gasteiger charge is -2.08. The summed E-state index contributed by atoms with van der Waals surface area (Å²) in [6.07, 6.45) is 2.56. The molecule has 0 saturated carbocycles. The molecule has 0 aliphatic heterocycles. The number of anilines is 1. The molecule has 19 heavy (non-hydrogen) atoms. The molecule has 0 aliphatic carbocycles. The van der Waals surface area contributed by atoms with Gasteiger partial charge in [-0.15, -0.1) is 0 Å². The number of rotatable bonds is 6. The number of carbonyl (C=O) groups is 1. The number of benzene rings is 1. The van der Waals surface area contributed by atoms with E-state index in [1.54, 1.807) is 24.5 Å². The summed E-state index contributed by atoms with van der Waals surface area (Å²) >= 11 is 0. The highest BCUT2D eigenvalue weighted by Crippen LogP contribution is 2.11. The van der Waals surface area contributed by atoms with Crippen molar-refractivity contribution in [2.45, 2.75) is 26.4 Å². The van der Waals surface area contributed by atoms with Gasteiger partial charge in [-0.05, 0) is 24.6 Å². The van der Waals surface area contributed by atoms with Gasteiger partial charge in [0.25, 0.3) is 0 Å². The third-order valence-electron chi connectivity index (χ3n) is 2.73. The summed E-state index contributed by atoms with van der Waals surface area (Å²) in [5.41, 5.74) is 6.57. The minimum absolute atomic E-state index is 0.433. The molecule has 0 bridgehead atoms. The highest BCUT2D eigenvalue weighted by Gasteiger charge is 2.04. The Morgan fingerprint density at radius 3 is 3.05 bits per heavy atom. The lowest BCUT2D eigenvalue weighted by Crippen LogP contribution is -2.12. The third-order valence-corrected chi connectivity index (χ3v) is 2.73. The SMILES string of the molecule is CCCn1ncnc1CNc1cccc(C(N)=O)c1. The Bertz CT molecular complexity index is 564. The normalized spacial score (nSPS) is 10.4. The largest absolute Gasteiger partial charge is 0.378 e. The number of carbonyl (C=O) groups excluding carboxylic acids is 1. The van der Waals surface area contributed by atoms with Crippen molar-refractivity contribution in [1.29, 1.82) is 0 Å². The zero-order valence-electron chi connectivity index (χ0n) is 10.8. The molecule has 0 radical (unpaired) electrons. The predicted octanol–water partition coefficient (Wildman–Crippen LogP) is 1.40. The highest BCUT2D eigenvalue weighted by atomic mass is 16.1. The Labute approximate surface area is 111 Å². The molecule has 6 nitrogen and oxygen atoms in total. The number of nitrogens with one attached hydrogen (secondary N) is 1. The van der Waals surface area contributed by atoms with E-state index in [0.29, 0.717) is 12.1 Å². The maximum Gasteiger partial charge on any atom is 0.248 e. The van der Waals surface area contributed by atoms with E-state index in [2.05, 4.69) is 22.3 Å². The van der Waals surface area contributed by atoms with Gasteiger partial charge in [-0.3, -0.25) is 4.79 Å². The van der Waals surface area contributed by atoms with Crippen molar-refractivity contribution in [1.82, 2.24) is 14.8 Å². The molecule has 0 unspecified atom stereocenters. The van der Waals surface area contributed by atoms with E-state index in [0.717, 1.165) is 24.5 Å². The van der Waals surface area contributed by atoms with Gasteiger partial charge < -0.3 is 11.1 Å². The first kappa shape index (κ1) is 13.1. The van der Waals surface area contributed by atoms with E-state index in [-0.39, 0.29) is 0 Å². The fraction of sp³-hybridized carbons (Fsp3) is 0.308. The van der Waals surface area contributed by atoms with E-state index in [1.165, 1.54) is 0 Å². The van der Waals surface area contributed by atoms with Gasteiger partial charge in [0, 0.05) is 17.8 Å². The van der Waals surface area contributed by atoms with Crippen LogP contribution in [0.25, 0.3) is 0 Å². The minimum atomic E-state index is -0.433. The Morgan fingerprint density at radius 1 is 1.47 bits per heavy atom. The Morgan fingerprint density at radius 2 is 2.32 bits per heavy atom. The van der Waals surface area contributed by atoms with E-state index < -0.39 is 5.91 Å².